The number of methoxy groups -OCH3 is 1. The molecule has 3 N–H and O–H groups in total. The largest absolute Gasteiger partial charge is 0.569 e. The highest BCUT2D eigenvalue weighted by atomic mass is 16.6. The Kier molecular flexibility index (Phi) is 13.5. The van der Waals surface area contributed by atoms with Gasteiger partial charge in [0.15, 0.2) is 0 Å². The minimum atomic E-state index is -1.61. The molecule has 41 heavy (non-hydrogen) atoms. The van der Waals surface area contributed by atoms with E-state index in [2.05, 4.69) is 0 Å². The number of benzene rings is 3. The van der Waals surface area contributed by atoms with Gasteiger partial charge >= 0.3 is 20.8 Å². The first kappa shape index (κ1) is 31.9. The van der Waals surface area contributed by atoms with E-state index >= 15 is 0 Å². The van der Waals surface area contributed by atoms with E-state index in [4.69, 9.17) is 33.4 Å². The van der Waals surface area contributed by atoms with Gasteiger partial charge in [-0.25, -0.2) is 4.79 Å². The molecule has 0 atom stereocenters. The molecule has 0 heterocycles. The Bertz CT molecular complexity index is 1200. The molecule has 0 saturated heterocycles. The van der Waals surface area contributed by atoms with Crippen molar-refractivity contribution in [2.75, 3.05) is 58.3 Å². The molecule has 0 bridgehead atoms. The van der Waals surface area contributed by atoms with Crippen molar-refractivity contribution >= 4 is 43.3 Å². The Morgan fingerprint density at radius 3 is 2.00 bits per heavy atom. The number of nitrogens with zero attached hydrogens (tertiary/aromatic N) is 1. The van der Waals surface area contributed by atoms with E-state index in [0.717, 1.165) is 0 Å². The molecule has 0 unspecified atom stereocenters. The van der Waals surface area contributed by atoms with Crippen molar-refractivity contribution in [1.29, 1.82) is 0 Å². The molecule has 13 heteroatoms. The molecule has 0 fully saturated rings. The summed E-state index contributed by atoms with van der Waals surface area (Å²) >= 11 is 0. The molecule has 3 aromatic rings. The zero-order chi connectivity index (χ0) is 29.5. The van der Waals surface area contributed by atoms with Crippen molar-refractivity contribution in [2.45, 2.75) is 6.92 Å². The van der Waals surface area contributed by atoms with E-state index in [-0.39, 0.29) is 18.8 Å². The summed E-state index contributed by atoms with van der Waals surface area (Å²) in [6, 6.07) is 18.7. The van der Waals surface area contributed by atoms with Crippen LogP contribution in [0.1, 0.15) is 17.3 Å². The maximum absolute atomic E-state index is 12.9. The topological polar surface area (TPSA) is 136 Å². The van der Waals surface area contributed by atoms with Crippen molar-refractivity contribution in [1.82, 2.24) is 0 Å². The summed E-state index contributed by atoms with van der Waals surface area (Å²) < 4.78 is 32.0. The first-order valence-corrected chi connectivity index (χ1v) is 13.1. The summed E-state index contributed by atoms with van der Waals surface area (Å²) in [6.45, 7) is 4.27. The van der Waals surface area contributed by atoms with Gasteiger partial charge in [-0.1, -0.05) is 12.1 Å². The van der Waals surface area contributed by atoms with Crippen molar-refractivity contribution in [3.05, 3.63) is 72.3 Å². The van der Waals surface area contributed by atoms with Gasteiger partial charge in [-0.3, -0.25) is 0 Å². The smallest absolute Gasteiger partial charge is 0.537 e. The molecule has 0 amide bonds. The SMILES string of the molecule is CCOC(=O)c1cc(N(c2ccc(O[B]O)cc2)c2ccc(B(O)O)cc2)ccc1OCCOCCOCCOC. The summed E-state index contributed by atoms with van der Waals surface area (Å²) in [5, 5.41) is 28.0. The zero-order valence-corrected chi connectivity index (χ0v) is 23.1. The van der Waals surface area contributed by atoms with Crippen LogP contribution < -0.4 is 19.8 Å². The molecule has 0 spiro atoms. The normalized spacial score (nSPS) is 10.7. The van der Waals surface area contributed by atoms with Crippen molar-refractivity contribution in [3.8, 4) is 11.5 Å². The lowest BCUT2D eigenvalue weighted by molar-refractivity contribution is 0.0178. The van der Waals surface area contributed by atoms with Crippen LogP contribution in [0.2, 0.25) is 0 Å². The predicted molar refractivity (Wildman–Crippen MR) is 155 cm³/mol. The van der Waals surface area contributed by atoms with E-state index in [1.165, 1.54) is 0 Å². The highest BCUT2D eigenvalue weighted by Crippen LogP contribution is 2.37. The third-order valence-electron chi connectivity index (χ3n) is 5.74. The second-order valence-electron chi connectivity index (χ2n) is 8.48. The molecule has 0 aliphatic carbocycles. The number of carbonyl (C=O) groups is 1. The van der Waals surface area contributed by atoms with Crippen LogP contribution in [-0.2, 0) is 18.9 Å². The summed E-state index contributed by atoms with van der Waals surface area (Å²) in [5.74, 6) is 0.223. The van der Waals surface area contributed by atoms with Crippen molar-refractivity contribution in [3.63, 3.8) is 0 Å². The Labute approximate surface area is 240 Å². The standard InChI is InChI=1S/C28H34B2NO10/c1-3-39-28(32)26-20-24(10-13-27(26)40-19-18-38-17-16-37-15-14-36-2)31(22-6-4-21(5-7-22)30(34)35)23-8-11-25(12-9-23)41-29-33/h4-13,20,33-35H,3,14-19H2,1-2H3. The summed E-state index contributed by atoms with van der Waals surface area (Å²) in [5.41, 5.74) is 2.56. The molecule has 3 aromatic carbocycles. The number of ether oxygens (including phenoxy) is 5. The van der Waals surface area contributed by atoms with Crippen LogP contribution in [0.3, 0.4) is 0 Å². The second kappa shape index (κ2) is 17.3. The summed E-state index contributed by atoms with van der Waals surface area (Å²) in [6.07, 6.45) is 0. The summed E-state index contributed by atoms with van der Waals surface area (Å²) in [7, 11) is 0.596. The Balaban J connectivity index is 1.85. The van der Waals surface area contributed by atoms with Crippen molar-refractivity contribution < 1.29 is 48.2 Å². The van der Waals surface area contributed by atoms with Gasteiger partial charge in [-0.15, -0.1) is 0 Å². The number of hydrogen-bond acceptors (Lipinski definition) is 11. The average molecular weight is 566 g/mol. The highest BCUT2D eigenvalue weighted by molar-refractivity contribution is 6.58. The van der Waals surface area contributed by atoms with Crippen LogP contribution in [0.25, 0.3) is 0 Å². The number of carbonyl (C=O) groups excluding carboxylic acids is 1. The molecule has 0 aromatic heterocycles. The van der Waals surface area contributed by atoms with Gasteiger partial charge in [-0.05, 0) is 67.0 Å². The second-order valence-corrected chi connectivity index (χ2v) is 8.48. The van der Waals surface area contributed by atoms with Gasteiger partial charge in [-0.2, -0.15) is 0 Å². The van der Waals surface area contributed by atoms with Gasteiger partial charge in [0, 0.05) is 24.2 Å². The molecule has 0 saturated carbocycles. The maximum atomic E-state index is 12.9. The molecular formula is C28H34B2NO10. The maximum Gasteiger partial charge on any atom is 0.569 e. The fourth-order valence-electron chi connectivity index (χ4n) is 3.80. The van der Waals surface area contributed by atoms with Crippen molar-refractivity contribution in [2.24, 2.45) is 0 Å². The van der Waals surface area contributed by atoms with Crippen LogP contribution in [0.5, 0.6) is 11.5 Å². The third kappa shape index (κ3) is 9.78. The molecule has 11 nitrogen and oxygen atoms in total. The van der Waals surface area contributed by atoms with E-state index in [9.17, 15) is 14.8 Å². The van der Waals surface area contributed by atoms with E-state index in [0.29, 0.717) is 74.7 Å². The Morgan fingerprint density at radius 1 is 0.829 bits per heavy atom. The fraction of sp³-hybridized carbons (Fsp3) is 0.321. The van der Waals surface area contributed by atoms with Gasteiger partial charge < -0.3 is 48.3 Å². The lowest BCUT2D eigenvalue weighted by Crippen LogP contribution is -2.29. The van der Waals surface area contributed by atoms with Crippen LogP contribution >= 0.6 is 0 Å². The monoisotopic (exact) mass is 566 g/mol. The first-order chi connectivity index (χ1) is 20.0. The molecule has 1 radical (unpaired) electrons. The number of anilines is 3. The molecule has 0 aliphatic heterocycles. The lowest BCUT2D eigenvalue weighted by atomic mass is 9.80. The third-order valence-corrected chi connectivity index (χ3v) is 5.74. The summed E-state index contributed by atoms with van der Waals surface area (Å²) in [4.78, 5) is 14.8. The van der Waals surface area contributed by atoms with Crippen LogP contribution in [0.15, 0.2) is 66.7 Å². The Morgan fingerprint density at radius 2 is 1.41 bits per heavy atom. The minimum Gasteiger partial charge on any atom is -0.537 e. The Hall–Kier alpha value is -3.58. The van der Waals surface area contributed by atoms with E-state index in [1.807, 2.05) is 4.90 Å². The van der Waals surface area contributed by atoms with Gasteiger partial charge in [0.1, 0.15) is 23.7 Å². The zero-order valence-electron chi connectivity index (χ0n) is 23.1. The predicted octanol–water partition coefficient (Wildman–Crippen LogP) is 1.98. The van der Waals surface area contributed by atoms with Crippen LogP contribution in [-0.4, -0.2) is 89.2 Å². The lowest BCUT2D eigenvalue weighted by Gasteiger charge is -2.26. The molecule has 0 aliphatic rings. The highest BCUT2D eigenvalue weighted by Gasteiger charge is 2.20. The molecule has 3 rings (SSSR count). The number of esters is 1. The first-order valence-electron chi connectivity index (χ1n) is 13.1. The van der Waals surface area contributed by atoms with Gasteiger partial charge in [0.25, 0.3) is 0 Å². The van der Waals surface area contributed by atoms with Gasteiger partial charge in [0.2, 0.25) is 0 Å². The average Bonchev–Trinajstić information content (AvgIpc) is 2.98. The number of rotatable bonds is 18. The minimum absolute atomic E-state index is 0.187. The number of hydrogen-bond donors (Lipinski definition) is 3. The van der Waals surface area contributed by atoms with E-state index in [1.54, 1.807) is 80.8 Å². The van der Waals surface area contributed by atoms with Crippen LogP contribution in [0.4, 0.5) is 17.1 Å². The quantitative estimate of drug-likeness (QED) is 0.119. The van der Waals surface area contributed by atoms with E-state index < -0.39 is 13.1 Å². The fourth-order valence-corrected chi connectivity index (χ4v) is 3.80. The molecule has 217 valence electrons. The van der Waals surface area contributed by atoms with Gasteiger partial charge in [0.05, 0.1) is 39.6 Å². The molecular weight excluding hydrogens is 532 g/mol. The van der Waals surface area contributed by atoms with Crippen LogP contribution in [0, 0.1) is 0 Å².